The molecule has 2 aromatic rings. The van der Waals surface area contributed by atoms with Crippen molar-refractivity contribution in [1.29, 1.82) is 0 Å². The normalized spacial score (nSPS) is 17.4. The summed E-state index contributed by atoms with van der Waals surface area (Å²) in [4.78, 5) is 35.8. The minimum absolute atomic E-state index is 0.0330. The number of thioether (sulfide) groups is 1. The van der Waals surface area contributed by atoms with Gasteiger partial charge in [0.2, 0.25) is 17.7 Å². The Morgan fingerprint density at radius 1 is 1.10 bits per heavy atom. The van der Waals surface area contributed by atoms with Gasteiger partial charge in [0.25, 0.3) is 0 Å². The van der Waals surface area contributed by atoms with Gasteiger partial charge < -0.3 is 16.0 Å². The topological polar surface area (TPSA) is 112 Å². The number of carbonyl (C=O) groups is 3. The zero-order chi connectivity index (χ0) is 22.4. The lowest BCUT2D eigenvalue weighted by Crippen LogP contribution is -2.28. The number of carbonyl (C=O) groups excluding carboxylic acids is 3. The lowest BCUT2D eigenvalue weighted by atomic mass is 10.1. The van der Waals surface area contributed by atoms with Gasteiger partial charge in [-0.15, -0.1) is 5.10 Å². The molecule has 0 aromatic heterocycles. The fourth-order valence-corrected chi connectivity index (χ4v) is 3.79. The molecule has 1 atom stereocenters. The van der Waals surface area contributed by atoms with E-state index >= 15 is 0 Å². The number of nitrogens with zero attached hydrogens (tertiary/aromatic N) is 2. The first kappa shape index (κ1) is 22.2. The van der Waals surface area contributed by atoms with E-state index in [1.54, 1.807) is 19.1 Å². The van der Waals surface area contributed by atoms with Crippen LogP contribution in [0.15, 0.2) is 58.7 Å². The quantitative estimate of drug-likeness (QED) is 0.475. The summed E-state index contributed by atoms with van der Waals surface area (Å²) in [6.07, 6.45) is 0.0330. The number of hydrogen-bond donors (Lipinski definition) is 3. The number of benzene rings is 2. The maximum absolute atomic E-state index is 12.3. The first-order valence-corrected chi connectivity index (χ1v) is 10.5. The van der Waals surface area contributed by atoms with Gasteiger partial charge in [-0.05, 0) is 43.2 Å². The van der Waals surface area contributed by atoms with E-state index in [-0.39, 0.29) is 24.1 Å². The van der Waals surface area contributed by atoms with Gasteiger partial charge in [0.1, 0.15) is 5.25 Å². The van der Waals surface area contributed by atoms with Crippen molar-refractivity contribution in [3.05, 3.63) is 59.7 Å². The van der Waals surface area contributed by atoms with Crippen molar-refractivity contribution in [2.45, 2.75) is 32.4 Å². The van der Waals surface area contributed by atoms with E-state index in [1.807, 2.05) is 43.3 Å². The van der Waals surface area contributed by atoms with Crippen LogP contribution >= 0.6 is 11.8 Å². The number of anilines is 2. The molecule has 31 heavy (non-hydrogen) atoms. The Hall–Kier alpha value is -3.46. The van der Waals surface area contributed by atoms with E-state index in [0.29, 0.717) is 16.6 Å². The molecule has 0 aliphatic carbocycles. The Bertz CT molecular complexity index is 1080. The van der Waals surface area contributed by atoms with Crippen LogP contribution in [0.25, 0.3) is 0 Å². The number of hydrogen-bond acceptors (Lipinski definition) is 6. The van der Waals surface area contributed by atoms with E-state index in [2.05, 4.69) is 26.2 Å². The summed E-state index contributed by atoms with van der Waals surface area (Å²) < 4.78 is 0. The monoisotopic (exact) mass is 437 g/mol. The first-order valence-electron chi connectivity index (χ1n) is 9.65. The zero-order valence-electron chi connectivity index (χ0n) is 17.4. The van der Waals surface area contributed by atoms with Gasteiger partial charge in [0, 0.05) is 24.7 Å². The smallest absolute Gasteiger partial charge is 0.240 e. The van der Waals surface area contributed by atoms with Gasteiger partial charge in [0.05, 0.1) is 5.71 Å². The summed E-state index contributed by atoms with van der Waals surface area (Å²) in [7, 11) is 0. The van der Waals surface area contributed by atoms with Gasteiger partial charge in [0.15, 0.2) is 5.17 Å². The molecule has 8 nitrogen and oxygen atoms in total. The van der Waals surface area contributed by atoms with E-state index in [1.165, 1.54) is 18.7 Å². The molecule has 1 aliphatic heterocycles. The third kappa shape index (κ3) is 6.26. The summed E-state index contributed by atoms with van der Waals surface area (Å²) in [5, 5.41) is 16.3. The minimum Gasteiger partial charge on any atom is -0.326 e. The van der Waals surface area contributed by atoms with Crippen LogP contribution in [-0.4, -0.2) is 33.9 Å². The molecule has 0 bridgehead atoms. The number of nitrogens with one attached hydrogen (secondary N) is 3. The molecule has 160 valence electrons. The molecule has 0 unspecified atom stereocenters. The van der Waals surface area contributed by atoms with E-state index in [9.17, 15) is 14.4 Å². The van der Waals surface area contributed by atoms with Gasteiger partial charge in [-0.1, -0.05) is 42.1 Å². The highest BCUT2D eigenvalue weighted by atomic mass is 32.2. The number of para-hydroxylation sites is 1. The summed E-state index contributed by atoms with van der Waals surface area (Å²) in [5.41, 5.74) is 3.75. The van der Waals surface area contributed by atoms with Crippen LogP contribution in [0.1, 0.15) is 31.4 Å². The third-order valence-corrected chi connectivity index (χ3v) is 5.53. The molecular weight excluding hydrogens is 414 g/mol. The predicted molar refractivity (Wildman–Crippen MR) is 124 cm³/mol. The number of amidine groups is 1. The second-order valence-corrected chi connectivity index (χ2v) is 8.21. The Labute approximate surface area is 184 Å². The van der Waals surface area contributed by atoms with Crippen LogP contribution in [-0.2, 0) is 14.4 Å². The molecule has 1 saturated heterocycles. The lowest BCUT2D eigenvalue weighted by Gasteiger charge is -2.09. The Morgan fingerprint density at radius 2 is 1.87 bits per heavy atom. The summed E-state index contributed by atoms with van der Waals surface area (Å²) in [6, 6.07) is 14.7. The predicted octanol–water partition coefficient (Wildman–Crippen LogP) is 3.29. The van der Waals surface area contributed by atoms with Gasteiger partial charge in [-0.2, -0.15) is 5.10 Å². The average molecular weight is 438 g/mol. The summed E-state index contributed by atoms with van der Waals surface area (Å²) >= 11 is 1.18. The molecule has 2 aromatic carbocycles. The standard InChI is InChI=1S/C22H23N5O3S/c1-13-7-4-5-10-18(13)24-20(29)12-19-21(30)25-22(31-19)27-26-14(2)16-8-6-9-17(11-16)23-15(3)28/h4-11,19H,12H2,1-3H3,(H,23,28)(H,24,29)(H,25,27,30)/b26-14-/t19-/m0/s1. The van der Waals surface area contributed by atoms with Crippen molar-refractivity contribution in [1.82, 2.24) is 5.32 Å². The van der Waals surface area contributed by atoms with Gasteiger partial charge in [-0.3, -0.25) is 14.4 Å². The van der Waals surface area contributed by atoms with Crippen molar-refractivity contribution in [3.63, 3.8) is 0 Å². The van der Waals surface area contributed by atoms with Crippen LogP contribution in [0, 0.1) is 6.92 Å². The molecule has 0 saturated carbocycles. The molecule has 3 N–H and O–H groups in total. The molecule has 3 rings (SSSR count). The molecule has 1 aliphatic rings. The highest BCUT2D eigenvalue weighted by molar-refractivity contribution is 8.15. The van der Waals surface area contributed by atoms with E-state index < -0.39 is 5.25 Å². The Morgan fingerprint density at radius 3 is 2.61 bits per heavy atom. The maximum atomic E-state index is 12.3. The van der Waals surface area contributed by atoms with Crippen molar-refractivity contribution in [2.24, 2.45) is 10.2 Å². The van der Waals surface area contributed by atoms with Crippen LogP contribution in [0.5, 0.6) is 0 Å². The SMILES string of the molecule is CC(=O)Nc1cccc(/C(C)=N\N=C2/NC(=O)[C@H](CC(=O)Nc3ccccc3C)S2)c1. The molecule has 1 heterocycles. The lowest BCUT2D eigenvalue weighted by molar-refractivity contribution is -0.122. The summed E-state index contributed by atoms with van der Waals surface area (Å²) in [5.74, 6) is -0.670. The molecule has 9 heteroatoms. The molecule has 0 spiro atoms. The average Bonchev–Trinajstić information content (AvgIpc) is 3.06. The second-order valence-electron chi connectivity index (χ2n) is 7.02. The van der Waals surface area contributed by atoms with Crippen LogP contribution < -0.4 is 16.0 Å². The van der Waals surface area contributed by atoms with Crippen molar-refractivity contribution >= 4 is 51.7 Å². The zero-order valence-corrected chi connectivity index (χ0v) is 18.2. The third-order valence-electron chi connectivity index (χ3n) is 4.46. The fraction of sp³-hybridized carbons (Fsp3) is 0.227. The van der Waals surface area contributed by atoms with E-state index in [4.69, 9.17) is 0 Å². The molecule has 1 fully saturated rings. The summed E-state index contributed by atoms with van der Waals surface area (Å²) in [6.45, 7) is 5.13. The number of amides is 3. The van der Waals surface area contributed by atoms with Crippen LogP contribution in [0.2, 0.25) is 0 Å². The minimum atomic E-state index is -0.568. The number of rotatable bonds is 6. The highest BCUT2D eigenvalue weighted by Crippen LogP contribution is 2.24. The van der Waals surface area contributed by atoms with Crippen molar-refractivity contribution < 1.29 is 14.4 Å². The molecule has 3 amide bonds. The molecule has 0 radical (unpaired) electrons. The van der Waals surface area contributed by atoms with Gasteiger partial charge in [-0.25, -0.2) is 0 Å². The van der Waals surface area contributed by atoms with Crippen LogP contribution in [0.4, 0.5) is 11.4 Å². The fourth-order valence-electron chi connectivity index (χ4n) is 2.87. The van der Waals surface area contributed by atoms with Gasteiger partial charge >= 0.3 is 0 Å². The number of aryl methyl sites for hydroxylation is 1. The highest BCUT2D eigenvalue weighted by Gasteiger charge is 2.32. The largest absolute Gasteiger partial charge is 0.326 e. The first-order chi connectivity index (χ1) is 14.8. The maximum Gasteiger partial charge on any atom is 0.240 e. The van der Waals surface area contributed by atoms with Crippen molar-refractivity contribution in [3.8, 4) is 0 Å². The second kappa shape index (κ2) is 10.0. The van der Waals surface area contributed by atoms with Crippen LogP contribution in [0.3, 0.4) is 0 Å². The van der Waals surface area contributed by atoms with Crippen molar-refractivity contribution in [2.75, 3.05) is 10.6 Å². The Kier molecular flexibility index (Phi) is 7.19. The Balaban J connectivity index is 1.62. The van der Waals surface area contributed by atoms with E-state index in [0.717, 1.165) is 16.8 Å². The molecular formula is C22H23N5O3S.